The summed E-state index contributed by atoms with van der Waals surface area (Å²) in [5, 5.41) is 8.80. The zero-order chi connectivity index (χ0) is 20.4. The Kier molecular flexibility index (Phi) is 3.30. The van der Waals surface area contributed by atoms with Crippen molar-refractivity contribution in [1.29, 1.82) is 0 Å². The van der Waals surface area contributed by atoms with E-state index in [9.17, 15) is 0 Å². The average Bonchev–Trinajstić information content (AvgIpc) is 3.19. The largest absolute Gasteiger partial charge is 0.309 e. The minimum absolute atomic E-state index is 1.07. The van der Waals surface area contributed by atoms with E-state index in [1.165, 1.54) is 54.4 Å². The number of hydrogen-bond acceptors (Lipinski definition) is 1. The van der Waals surface area contributed by atoms with Crippen LogP contribution in [-0.2, 0) is 0 Å². The van der Waals surface area contributed by atoms with E-state index in [1.54, 1.807) is 0 Å². The van der Waals surface area contributed by atoms with Gasteiger partial charge in [0.1, 0.15) is 0 Å². The maximum Gasteiger partial charge on any atom is 0.0786 e. The van der Waals surface area contributed by atoms with E-state index in [0.29, 0.717) is 0 Å². The number of hydrogen-bond donors (Lipinski definition) is 0. The molecular weight excluding hydrogens is 376 g/mol. The summed E-state index contributed by atoms with van der Waals surface area (Å²) in [5.74, 6) is 0. The Hall–Kier alpha value is -4.17. The predicted molar refractivity (Wildman–Crippen MR) is 131 cm³/mol. The first-order valence-electron chi connectivity index (χ1n) is 10.6. The van der Waals surface area contributed by atoms with Gasteiger partial charge in [0.2, 0.25) is 0 Å². The SMILES string of the molecule is c1ccc(-n2c3ccccc3c3c4c5ccccc5c5ncccc5c4ccc32)cc1. The molecule has 7 aromatic rings. The molecule has 0 aliphatic carbocycles. The van der Waals surface area contributed by atoms with Gasteiger partial charge in [-0.1, -0.05) is 72.8 Å². The molecule has 7 rings (SSSR count). The van der Waals surface area contributed by atoms with Gasteiger partial charge in [-0.05, 0) is 41.1 Å². The molecule has 0 N–H and O–H groups in total. The molecule has 0 saturated heterocycles. The Balaban J connectivity index is 1.83. The van der Waals surface area contributed by atoms with Gasteiger partial charge in [-0.2, -0.15) is 0 Å². The highest BCUT2D eigenvalue weighted by molar-refractivity contribution is 6.34. The smallest absolute Gasteiger partial charge is 0.0786 e. The molecule has 0 unspecified atom stereocenters. The summed E-state index contributed by atoms with van der Waals surface area (Å²) in [6, 6.07) is 36.8. The fraction of sp³-hybridized carbons (Fsp3) is 0. The molecule has 144 valence electrons. The average molecular weight is 394 g/mol. The van der Waals surface area contributed by atoms with Crippen molar-refractivity contribution in [1.82, 2.24) is 9.55 Å². The predicted octanol–water partition coefficient (Wildman–Crippen LogP) is 7.64. The lowest BCUT2D eigenvalue weighted by Crippen LogP contribution is -1.93. The van der Waals surface area contributed by atoms with E-state index in [1.807, 2.05) is 12.3 Å². The molecule has 2 heterocycles. The molecular formula is C29H18N2. The summed E-state index contributed by atoms with van der Waals surface area (Å²) in [5.41, 5.74) is 4.71. The van der Waals surface area contributed by atoms with Crippen molar-refractivity contribution in [3.8, 4) is 5.69 Å². The second kappa shape index (κ2) is 6.16. The van der Waals surface area contributed by atoms with E-state index >= 15 is 0 Å². The zero-order valence-corrected chi connectivity index (χ0v) is 16.8. The Morgan fingerprint density at radius 3 is 1.94 bits per heavy atom. The number of nitrogens with zero attached hydrogens (tertiary/aromatic N) is 2. The molecule has 0 atom stereocenters. The topological polar surface area (TPSA) is 17.8 Å². The summed E-state index contributed by atoms with van der Waals surface area (Å²) in [7, 11) is 0. The Labute approximate surface area is 179 Å². The molecule has 2 heteroatoms. The van der Waals surface area contributed by atoms with Crippen LogP contribution in [0, 0.1) is 0 Å². The van der Waals surface area contributed by atoms with Crippen LogP contribution < -0.4 is 0 Å². The summed E-state index contributed by atoms with van der Waals surface area (Å²) in [6.07, 6.45) is 1.89. The lowest BCUT2D eigenvalue weighted by atomic mass is 9.94. The molecule has 0 aliphatic heterocycles. The second-order valence-electron chi connectivity index (χ2n) is 8.02. The highest BCUT2D eigenvalue weighted by Crippen LogP contribution is 2.42. The normalized spacial score (nSPS) is 11.9. The molecule has 31 heavy (non-hydrogen) atoms. The number of rotatable bonds is 1. The lowest BCUT2D eigenvalue weighted by Gasteiger charge is -2.12. The van der Waals surface area contributed by atoms with Crippen molar-refractivity contribution in [3.63, 3.8) is 0 Å². The summed E-state index contributed by atoms with van der Waals surface area (Å²) < 4.78 is 2.38. The number of para-hydroxylation sites is 2. The third kappa shape index (κ3) is 2.19. The fourth-order valence-corrected chi connectivity index (χ4v) is 5.16. The van der Waals surface area contributed by atoms with Crippen LogP contribution in [0.2, 0.25) is 0 Å². The second-order valence-corrected chi connectivity index (χ2v) is 8.02. The first-order valence-corrected chi connectivity index (χ1v) is 10.6. The van der Waals surface area contributed by atoms with Gasteiger partial charge in [-0.3, -0.25) is 4.98 Å². The van der Waals surface area contributed by atoms with Crippen LogP contribution in [0.3, 0.4) is 0 Å². The quantitative estimate of drug-likeness (QED) is 0.262. The van der Waals surface area contributed by atoms with Crippen molar-refractivity contribution in [2.45, 2.75) is 0 Å². The fourth-order valence-electron chi connectivity index (χ4n) is 5.16. The van der Waals surface area contributed by atoms with Gasteiger partial charge in [0, 0.05) is 38.8 Å². The molecule has 0 radical (unpaired) electrons. The number of benzene rings is 5. The van der Waals surface area contributed by atoms with Gasteiger partial charge in [-0.25, -0.2) is 0 Å². The Morgan fingerprint density at radius 1 is 0.452 bits per heavy atom. The molecule has 0 bridgehead atoms. The van der Waals surface area contributed by atoms with Crippen LogP contribution in [-0.4, -0.2) is 9.55 Å². The van der Waals surface area contributed by atoms with Gasteiger partial charge in [0.05, 0.1) is 16.6 Å². The molecule has 0 amide bonds. The van der Waals surface area contributed by atoms with Crippen molar-refractivity contribution >= 4 is 54.3 Å². The van der Waals surface area contributed by atoms with Gasteiger partial charge in [0.15, 0.2) is 0 Å². The van der Waals surface area contributed by atoms with Gasteiger partial charge >= 0.3 is 0 Å². The van der Waals surface area contributed by atoms with Crippen molar-refractivity contribution in [3.05, 3.63) is 109 Å². The molecule has 2 aromatic heterocycles. The van der Waals surface area contributed by atoms with Crippen LogP contribution in [0.1, 0.15) is 0 Å². The van der Waals surface area contributed by atoms with Crippen LogP contribution in [0.5, 0.6) is 0 Å². The highest BCUT2D eigenvalue weighted by Gasteiger charge is 2.18. The minimum Gasteiger partial charge on any atom is -0.309 e. The molecule has 0 saturated carbocycles. The summed E-state index contributed by atoms with van der Waals surface area (Å²) >= 11 is 0. The van der Waals surface area contributed by atoms with Crippen molar-refractivity contribution in [2.75, 3.05) is 0 Å². The zero-order valence-electron chi connectivity index (χ0n) is 16.8. The maximum absolute atomic E-state index is 4.75. The van der Waals surface area contributed by atoms with E-state index in [0.717, 1.165) is 5.52 Å². The molecule has 0 aliphatic rings. The molecule has 5 aromatic carbocycles. The first-order chi connectivity index (χ1) is 15.4. The Morgan fingerprint density at radius 2 is 1.10 bits per heavy atom. The molecule has 0 spiro atoms. The van der Waals surface area contributed by atoms with Gasteiger partial charge < -0.3 is 4.57 Å². The van der Waals surface area contributed by atoms with E-state index in [-0.39, 0.29) is 0 Å². The van der Waals surface area contributed by atoms with Crippen LogP contribution in [0.25, 0.3) is 59.9 Å². The van der Waals surface area contributed by atoms with Crippen LogP contribution in [0.15, 0.2) is 109 Å². The third-order valence-electron chi connectivity index (χ3n) is 6.40. The van der Waals surface area contributed by atoms with Gasteiger partial charge in [-0.15, -0.1) is 0 Å². The number of pyridine rings is 1. The van der Waals surface area contributed by atoms with Crippen LogP contribution in [0.4, 0.5) is 0 Å². The number of aromatic nitrogens is 2. The lowest BCUT2D eigenvalue weighted by molar-refractivity contribution is 1.18. The third-order valence-corrected chi connectivity index (χ3v) is 6.40. The summed E-state index contributed by atoms with van der Waals surface area (Å²) in [6.45, 7) is 0. The van der Waals surface area contributed by atoms with E-state index < -0.39 is 0 Å². The van der Waals surface area contributed by atoms with E-state index in [4.69, 9.17) is 4.98 Å². The highest BCUT2D eigenvalue weighted by atomic mass is 15.0. The first kappa shape index (κ1) is 16.6. The van der Waals surface area contributed by atoms with Gasteiger partial charge in [0.25, 0.3) is 0 Å². The maximum atomic E-state index is 4.75. The van der Waals surface area contributed by atoms with Crippen LogP contribution >= 0.6 is 0 Å². The minimum atomic E-state index is 1.07. The van der Waals surface area contributed by atoms with E-state index in [2.05, 4.69) is 102 Å². The molecule has 0 fully saturated rings. The Bertz CT molecular complexity index is 1740. The van der Waals surface area contributed by atoms with Crippen molar-refractivity contribution < 1.29 is 0 Å². The standard InChI is InChI=1S/C29H18N2/c1-2-9-19(10-3-1)31-25-15-7-6-13-24(25)28-26(31)17-16-21-23-14-8-18-30-29(23)22-12-5-4-11-20(22)27(21)28/h1-18H. The number of fused-ring (bicyclic) bond motifs is 10. The summed E-state index contributed by atoms with van der Waals surface area (Å²) in [4.78, 5) is 4.75. The molecule has 2 nitrogen and oxygen atoms in total. The van der Waals surface area contributed by atoms with Crippen molar-refractivity contribution in [2.24, 2.45) is 0 Å². The monoisotopic (exact) mass is 394 g/mol.